The van der Waals surface area contributed by atoms with E-state index < -0.39 is 0 Å². The molecule has 2 aliphatic heterocycles. The number of benzene rings is 1. The van der Waals surface area contributed by atoms with Crippen LogP contribution in [0.25, 0.3) is 0 Å². The Morgan fingerprint density at radius 3 is 3.00 bits per heavy atom. The van der Waals surface area contributed by atoms with Crippen molar-refractivity contribution in [3.05, 3.63) is 29.8 Å². The predicted molar refractivity (Wildman–Crippen MR) is 67.9 cm³/mol. The van der Waals surface area contributed by atoms with Crippen LogP contribution in [-0.2, 0) is 11.3 Å². The monoisotopic (exact) mass is 230 g/mol. The second-order valence-corrected chi connectivity index (χ2v) is 5.02. The fourth-order valence-electron chi connectivity index (χ4n) is 3.04. The maximum absolute atomic E-state index is 11.8. The van der Waals surface area contributed by atoms with Gasteiger partial charge in [0.1, 0.15) is 0 Å². The van der Waals surface area contributed by atoms with Gasteiger partial charge in [-0.15, -0.1) is 0 Å². The van der Waals surface area contributed by atoms with Gasteiger partial charge in [0.15, 0.2) is 0 Å². The summed E-state index contributed by atoms with van der Waals surface area (Å²) in [5.74, 6) is 0.159. The molecule has 1 atom stereocenters. The highest BCUT2D eigenvalue weighted by Gasteiger charge is 2.32. The minimum atomic E-state index is 0.159. The summed E-state index contributed by atoms with van der Waals surface area (Å²) >= 11 is 0. The van der Waals surface area contributed by atoms with Crippen molar-refractivity contribution in [3.63, 3.8) is 0 Å². The molecule has 0 N–H and O–H groups in total. The Hall–Kier alpha value is -1.35. The number of anilines is 1. The first kappa shape index (κ1) is 10.8. The van der Waals surface area contributed by atoms with Gasteiger partial charge in [-0.25, -0.2) is 0 Å². The highest BCUT2D eigenvalue weighted by atomic mass is 16.2. The largest absolute Gasteiger partial charge is 0.311 e. The zero-order valence-electron chi connectivity index (χ0n) is 10.2. The second kappa shape index (κ2) is 4.15. The molecule has 90 valence electrons. The van der Waals surface area contributed by atoms with Gasteiger partial charge in [-0.3, -0.25) is 9.69 Å². The van der Waals surface area contributed by atoms with E-state index in [1.54, 1.807) is 6.92 Å². The van der Waals surface area contributed by atoms with Crippen LogP contribution in [0, 0.1) is 0 Å². The number of para-hydroxylation sites is 1. The van der Waals surface area contributed by atoms with Crippen molar-refractivity contribution in [1.82, 2.24) is 4.90 Å². The minimum Gasteiger partial charge on any atom is -0.311 e. The standard InChI is InChI=1S/C14H18N2O/c1-11(17)16-10-13-6-4-8-15(13)9-12-5-2-3-7-14(12)16/h2-3,5,7,13H,4,6,8-10H2,1H3. The van der Waals surface area contributed by atoms with Gasteiger partial charge < -0.3 is 4.90 Å². The molecular formula is C14H18N2O. The Labute approximate surface area is 102 Å². The third kappa shape index (κ3) is 1.84. The Morgan fingerprint density at radius 2 is 2.18 bits per heavy atom. The van der Waals surface area contributed by atoms with Gasteiger partial charge in [-0.1, -0.05) is 18.2 Å². The molecule has 1 unspecified atom stereocenters. The van der Waals surface area contributed by atoms with Gasteiger partial charge in [0.2, 0.25) is 5.91 Å². The fourth-order valence-corrected chi connectivity index (χ4v) is 3.04. The van der Waals surface area contributed by atoms with Gasteiger partial charge in [0.25, 0.3) is 0 Å². The molecular weight excluding hydrogens is 212 g/mol. The Balaban J connectivity index is 2.02. The molecule has 3 nitrogen and oxygen atoms in total. The number of rotatable bonds is 0. The van der Waals surface area contributed by atoms with E-state index in [9.17, 15) is 4.79 Å². The van der Waals surface area contributed by atoms with Crippen molar-refractivity contribution >= 4 is 11.6 Å². The topological polar surface area (TPSA) is 23.6 Å². The van der Waals surface area contributed by atoms with E-state index in [4.69, 9.17) is 0 Å². The molecule has 17 heavy (non-hydrogen) atoms. The summed E-state index contributed by atoms with van der Waals surface area (Å²) < 4.78 is 0. The van der Waals surface area contributed by atoms with Crippen LogP contribution >= 0.6 is 0 Å². The van der Waals surface area contributed by atoms with Gasteiger partial charge in [-0.2, -0.15) is 0 Å². The molecule has 0 aliphatic carbocycles. The lowest BCUT2D eigenvalue weighted by Gasteiger charge is -2.25. The van der Waals surface area contributed by atoms with E-state index in [-0.39, 0.29) is 5.91 Å². The molecule has 0 spiro atoms. The number of carbonyl (C=O) groups excluding carboxylic acids is 1. The molecule has 2 aliphatic rings. The Bertz CT molecular complexity index is 444. The SMILES string of the molecule is CC(=O)N1CC2CCCN2Cc2ccccc21. The highest BCUT2D eigenvalue weighted by Crippen LogP contribution is 2.31. The van der Waals surface area contributed by atoms with Crippen LogP contribution in [0.2, 0.25) is 0 Å². The van der Waals surface area contributed by atoms with Gasteiger partial charge >= 0.3 is 0 Å². The van der Waals surface area contributed by atoms with Crippen molar-refractivity contribution in [3.8, 4) is 0 Å². The predicted octanol–water partition coefficient (Wildman–Crippen LogP) is 2.02. The molecule has 3 rings (SSSR count). The van der Waals surface area contributed by atoms with E-state index in [1.165, 1.54) is 24.9 Å². The lowest BCUT2D eigenvalue weighted by atomic mass is 10.1. The highest BCUT2D eigenvalue weighted by molar-refractivity contribution is 5.92. The van der Waals surface area contributed by atoms with Crippen LogP contribution in [0.1, 0.15) is 25.3 Å². The molecule has 3 heteroatoms. The maximum Gasteiger partial charge on any atom is 0.223 e. The molecule has 1 saturated heterocycles. The molecule has 1 aromatic rings. The second-order valence-electron chi connectivity index (χ2n) is 5.02. The summed E-state index contributed by atoms with van der Waals surface area (Å²) in [5.41, 5.74) is 2.39. The molecule has 1 aromatic carbocycles. The van der Waals surface area contributed by atoms with Crippen molar-refractivity contribution in [1.29, 1.82) is 0 Å². The molecule has 0 bridgehead atoms. The van der Waals surface area contributed by atoms with Crippen molar-refractivity contribution in [2.75, 3.05) is 18.0 Å². The molecule has 0 aromatic heterocycles. The normalized spacial score (nSPS) is 24.1. The van der Waals surface area contributed by atoms with E-state index in [0.29, 0.717) is 6.04 Å². The van der Waals surface area contributed by atoms with E-state index in [0.717, 1.165) is 18.8 Å². The van der Waals surface area contributed by atoms with Crippen LogP contribution in [0.4, 0.5) is 5.69 Å². The molecule has 0 radical (unpaired) electrons. The average Bonchev–Trinajstić information content (AvgIpc) is 2.68. The number of hydrogen-bond donors (Lipinski definition) is 0. The summed E-state index contributed by atoms with van der Waals surface area (Å²) in [6, 6.07) is 8.84. The van der Waals surface area contributed by atoms with Crippen LogP contribution < -0.4 is 4.90 Å². The first-order chi connectivity index (χ1) is 8.25. The van der Waals surface area contributed by atoms with Gasteiger partial charge in [0, 0.05) is 31.7 Å². The Kier molecular flexibility index (Phi) is 2.63. The average molecular weight is 230 g/mol. The van der Waals surface area contributed by atoms with Crippen LogP contribution in [0.3, 0.4) is 0 Å². The summed E-state index contributed by atoms with van der Waals surface area (Å²) in [7, 11) is 0. The first-order valence-corrected chi connectivity index (χ1v) is 6.36. The van der Waals surface area contributed by atoms with Gasteiger partial charge in [0.05, 0.1) is 0 Å². The Morgan fingerprint density at radius 1 is 1.35 bits per heavy atom. The molecule has 0 saturated carbocycles. The number of carbonyl (C=O) groups is 1. The number of hydrogen-bond acceptors (Lipinski definition) is 2. The zero-order chi connectivity index (χ0) is 11.8. The molecule has 1 amide bonds. The van der Waals surface area contributed by atoms with Crippen LogP contribution in [-0.4, -0.2) is 29.9 Å². The van der Waals surface area contributed by atoms with Gasteiger partial charge in [-0.05, 0) is 31.0 Å². The molecule has 1 fully saturated rings. The smallest absolute Gasteiger partial charge is 0.223 e. The summed E-state index contributed by atoms with van der Waals surface area (Å²) in [6.07, 6.45) is 2.48. The van der Waals surface area contributed by atoms with Crippen LogP contribution in [0.5, 0.6) is 0 Å². The summed E-state index contributed by atoms with van der Waals surface area (Å²) in [4.78, 5) is 16.3. The minimum absolute atomic E-state index is 0.159. The quantitative estimate of drug-likeness (QED) is 0.680. The fraction of sp³-hybridized carbons (Fsp3) is 0.500. The third-order valence-electron chi connectivity index (χ3n) is 3.93. The van der Waals surface area contributed by atoms with Crippen molar-refractivity contribution in [2.45, 2.75) is 32.4 Å². The van der Waals surface area contributed by atoms with Crippen molar-refractivity contribution in [2.24, 2.45) is 0 Å². The van der Waals surface area contributed by atoms with Crippen molar-refractivity contribution < 1.29 is 4.79 Å². The van der Waals surface area contributed by atoms with E-state index in [2.05, 4.69) is 23.1 Å². The number of amides is 1. The number of fused-ring (bicyclic) bond motifs is 2. The lowest BCUT2D eigenvalue weighted by Crippen LogP contribution is -2.39. The lowest BCUT2D eigenvalue weighted by molar-refractivity contribution is -0.116. The summed E-state index contributed by atoms with van der Waals surface area (Å²) in [5, 5.41) is 0. The van der Waals surface area contributed by atoms with E-state index >= 15 is 0 Å². The molecule has 2 heterocycles. The third-order valence-corrected chi connectivity index (χ3v) is 3.93. The zero-order valence-corrected chi connectivity index (χ0v) is 10.2. The van der Waals surface area contributed by atoms with Crippen LogP contribution in [0.15, 0.2) is 24.3 Å². The first-order valence-electron chi connectivity index (χ1n) is 6.36. The number of nitrogens with zero attached hydrogens (tertiary/aromatic N) is 2. The van der Waals surface area contributed by atoms with E-state index in [1.807, 2.05) is 11.0 Å². The summed E-state index contributed by atoms with van der Waals surface area (Å²) in [6.45, 7) is 4.68. The maximum atomic E-state index is 11.8.